The van der Waals surface area contributed by atoms with Crippen molar-refractivity contribution >= 4 is 5.71 Å². The summed E-state index contributed by atoms with van der Waals surface area (Å²) in [5.74, 6) is 2.58. The van der Waals surface area contributed by atoms with Crippen LogP contribution in [0.1, 0.15) is 48.5 Å². The van der Waals surface area contributed by atoms with Gasteiger partial charge < -0.3 is 14.1 Å². The molecule has 0 spiro atoms. The molecule has 6 heteroatoms. The molecule has 1 aliphatic rings. The Morgan fingerprint density at radius 1 is 1.41 bits per heavy atom. The number of hydrogen-bond acceptors (Lipinski definition) is 6. The summed E-state index contributed by atoms with van der Waals surface area (Å²) in [6.07, 6.45) is 2.29. The molecule has 0 N–H and O–H groups in total. The number of nitrogens with zero attached hydrogens (tertiary/aromatic N) is 3. The lowest BCUT2D eigenvalue weighted by molar-refractivity contribution is 0.213. The van der Waals surface area contributed by atoms with Gasteiger partial charge in [0.25, 0.3) is 0 Å². The van der Waals surface area contributed by atoms with Gasteiger partial charge >= 0.3 is 0 Å². The number of ether oxygens (including phenoxy) is 1. The van der Waals surface area contributed by atoms with E-state index in [1.807, 2.05) is 32.0 Å². The molecule has 1 saturated carbocycles. The van der Waals surface area contributed by atoms with Gasteiger partial charge in [-0.25, -0.2) is 0 Å². The normalized spacial score (nSPS) is 15.0. The maximum Gasteiger partial charge on any atom is 0.229 e. The van der Waals surface area contributed by atoms with Crippen LogP contribution in [0.15, 0.2) is 27.9 Å². The fraction of sp³-hybridized carbons (Fsp3) is 0.438. The second-order valence-corrected chi connectivity index (χ2v) is 5.45. The molecule has 1 aromatic carbocycles. The van der Waals surface area contributed by atoms with E-state index in [4.69, 9.17) is 14.1 Å². The third-order valence-corrected chi connectivity index (χ3v) is 3.59. The van der Waals surface area contributed by atoms with E-state index in [0.29, 0.717) is 18.3 Å². The summed E-state index contributed by atoms with van der Waals surface area (Å²) in [6.45, 7) is 4.20. The highest BCUT2D eigenvalue weighted by Crippen LogP contribution is 2.38. The summed E-state index contributed by atoms with van der Waals surface area (Å²) in [5.41, 5.74) is 2.85. The largest absolute Gasteiger partial charge is 0.485 e. The average Bonchev–Trinajstić information content (AvgIpc) is 3.25. The lowest BCUT2D eigenvalue weighted by Crippen LogP contribution is -2.01. The summed E-state index contributed by atoms with van der Waals surface area (Å²) in [4.78, 5) is 9.14. The minimum absolute atomic E-state index is 0.307. The Bertz CT molecular complexity index is 690. The van der Waals surface area contributed by atoms with Crippen LogP contribution in [0.25, 0.3) is 0 Å². The van der Waals surface area contributed by atoms with Crippen molar-refractivity contribution in [1.82, 2.24) is 10.1 Å². The molecule has 0 saturated heterocycles. The van der Waals surface area contributed by atoms with Crippen molar-refractivity contribution in [3.63, 3.8) is 0 Å². The van der Waals surface area contributed by atoms with Crippen molar-refractivity contribution in [2.45, 2.75) is 39.2 Å². The molecule has 0 radical (unpaired) electrons. The first-order valence-corrected chi connectivity index (χ1v) is 7.31. The minimum atomic E-state index is 0.307. The summed E-state index contributed by atoms with van der Waals surface area (Å²) in [7, 11) is 1.54. The molecule has 22 heavy (non-hydrogen) atoms. The summed E-state index contributed by atoms with van der Waals surface area (Å²) >= 11 is 0. The Hall–Kier alpha value is -2.37. The van der Waals surface area contributed by atoms with Crippen LogP contribution in [0.4, 0.5) is 0 Å². The fourth-order valence-electron chi connectivity index (χ4n) is 2.19. The molecule has 0 amide bonds. The lowest BCUT2D eigenvalue weighted by Gasteiger charge is -2.09. The zero-order valence-electron chi connectivity index (χ0n) is 13.0. The van der Waals surface area contributed by atoms with Gasteiger partial charge in [0.15, 0.2) is 6.61 Å². The third kappa shape index (κ3) is 3.27. The van der Waals surface area contributed by atoms with Gasteiger partial charge in [-0.05, 0) is 56.0 Å². The van der Waals surface area contributed by atoms with E-state index in [1.165, 1.54) is 7.11 Å². The number of aryl methyl sites for hydroxylation is 1. The van der Waals surface area contributed by atoms with Gasteiger partial charge in [-0.3, -0.25) is 0 Å². The van der Waals surface area contributed by atoms with Gasteiger partial charge in [-0.15, -0.1) is 0 Å². The number of oxime groups is 1. The van der Waals surface area contributed by atoms with Crippen LogP contribution in [-0.2, 0) is 11.4 Å². The van der Waals surface area contributed by atoms with Crippen LogP contribution in [0, 0.1) is 6.92 Å². The molecule has 0 atom stereocenters. The van der Waals surface area contributed by atoms with Gasteiger partial charge in [-0.1, -0.05) is 10.3 Å². The highest BCUT2D eigenvalue weighted by atomic mass is 16.6. The van der Waals surface area contributed by atoms with Gasteiger partial charge in [0, 0.05) is 5.92 Å². The average molecular weight is 301 g/mol. The van der Waals surface area contributed by atoms with Gasteiger partial charge in [0.1, 0.15) is 12.9 Å². The standard InChI is InChI=1S/C16H19N3O3/c1-10-8-13(11(2)18-20-3)6-7-14(10)21-9-15-17-16(22-19-15)12-4-5-12/h6-8,12H,4-5,9H2,1-3H3/b18-11+. The third-order valence-electron chi connectivity index (χ3n) is 3.59. The molecule has 0 unspecified atom stereocenters. The van der Waals surface area contributed by atoms with Crippen molar-refractivity contribution in [1.29, 1.82) is 0 Å². The number of hydrogen-bond donors (Lipinski definition) is 0. The Morgan fingerprint density at radius 2 is 2.23 bits per heavy atom. The molecule has 1 heterocycles. The molecule has 0 aliphatic heterocycles. The maximum absolute atomic E-state index is 5.77. The first kappa shape index (κ1) is 14.6. The van der Waals surface area contributed by atoms with Gasteiger partial charge in [-0.2, -0.15) is 4.98 Å². The number of aromatic nitrogens is 2. The van der Waals surface area contributed by atoms with E-state index in [9.17, 15) is 0 Å². The smallest absolute Gasteiger partial charge is 0.229 e. The van der Waals surface area contributed by atoms with Crippen molar-refractivity contribution in [3.8, 4) is 5.75 Å². The quantitative estimate of drug-likeness (QED) is 0.605. The van der Waals surface area contributed by atoms with Crippen molar-refractivity contribution in [2.24, 2.45) is 5.16 Å². The molecule has 3 rings (SSSR count). The molecule has 1 aliphatic carbocycles. The van der Waals surface area contributed by atoms with Crippen LogP contribution < -0.4 is 4.74 Å². The van der Waals surface area contributed by atoms with E-state index in [-0.39, 0.29) is 0 Å². The molecule has 116 valence electrons. The summed E-state index contributed by atoms with van der Waals surface area (Å²) < 4.78 is 11.0. The Labute approximate surface area is 129 Å². The first-order valence-electron chi connectivity index (χ1n) is 7.31. The van der Waals surface area contributed by atoms with Crippen LogP contribution in [0.3, 0.4) is 0 Å². The van der Waals surface area contributed by atoms with Gasteiger partial charge in [0.2, 0.25) is 11.7 Å². The highest BCUT2D eigenvalue weighted by molar-refractivity contribution is 5.98. The predicted molar refractivity (Wildman–Crippen MR) is 81.0 cm³/mol. The van der Waals surface area contributed by atoms with E-state index < -0.39 is 0 Å². The Morgan fingerprint density at radius 3 is 2.91 bits per heavy atom. The zero-order valence-corrected chi connectivity index (χ0v) is 13.0. The van der Waals surface area contributed by atoms with E-state index in [1.54, 1.807) is 0 Å². The molecular weight excluding hydrogens is 282 g/mol. The van der Waals surface area contributed by atoms with E-state index >= 15 is 0 Å². The molecule has 1 aromatic heterocycles. The van der Waals surface area contributed by atoms with Gasteiger partial charge in [0.05, 0.1) is 5.71 Å². The Kier molecular flexibility index (Phi) is 4.09. The van der Waals surface area contributed by atoms with Crippen molar-refractivity contribution in [2.75, 3.05) is 7.11 Å². The highest BCUT2D eigenvalue weighted by Gasteiger charge is 2.29. The van der Waals surface area contributed by atoms with Crippen LogP contribution >= 0.6 is 0 Å². The number of benzene rings is 1. The maximum atomic E-state index is 5.77. The summed E-state index contributed by atoms with van der Waals surface area (Å²) in [6, 6.07) is 5.88. The zero-order chi connectivity index (χ0) is 15.5. The molecule has 0 bridgehead atoms. The van der Waals surface area contributed by atoms with Crippen molar-refractivity contribution < 1.29 is 14.1 Å². The SMILES string of the molecule is CO/N=C(\C)c1ccc(OCc2noc(C3CC3)n2)c(C)c1. The molecule has 2 aromatic rings. The minimum Gasteiger partial charge on any atom is -0.485 e. The van der Waals surface area contributed by atoms with Crippen LogP contribution in [-0.4, -0.2) is 23.0 Å². The predicted octanol–water partition coefficient (Wildman–Crippen LogP) is 3.20. The number of rotatable bonds is 6. The second-order valence-electron chi connectivity index (χ2n) is 5.45. The second kappa shape index (κ2) is 6.17. The monoisotopic (exact) mass is 301 g/mol. The van der Waals surface area contributed by atoms with Crippen LogP contribution in [0.5, 0.6) is 5.75 Å². The summed E-state index contributed by atoms with van der Waals surface area (Å²) in [5, 5.41) is 7.87. The van der Waals surface area contributed by atoms with E-state index in [0.717, 1.165) is 41.3 Å². The molecule has 6 nitrogen and oxygen atoms in total. The topological polar surface area (TPSA) is 69.7 Å². The molecular formula is C16H19N3O3. The Balaban J connectivity index is 1.65. The van der Waals surface area contributed by atoms with Crippen molar-refractivity contribution in [3.05, 3.63) is 41.0 Å². The van der Waals surface area contributed by atoms with Crippen LogP contribution in [0.2, 0.25) is 0 Å². The fourth-order valence-corrected chi connectivity index (χ4v) is 2.19. The first-order chi connectivity index (χ1) is 10.7. The molecule has 1 fully saturated rings. The van der Waals surface area contributed by atoms with E-state index in [2.05, 4.69) is 15.3 Å². The lowest BCUT2D eigenvalue weighted by atomic mass is 10.1.